The van der Waals surface area contributed by atoms with Gasteiger partial charge in [0.2, 0.25) is 5.88 Å². The van der Waals surface area contributed by atoms with Crippen LogP contribution in [-0.2, 0) is 4.74 Å². The normalized spacial score (nSPS) is 27.5. The Morgan fingerprint density at radius 2 is 2.21 bits per heavy atom. The van der Waals surface area contributed by atoms with Gasteiger partial charge in [0.25, 0.3) is 0 Å². The summed E-state index contributed by atoms with van der Waals surface area (Å²) < 4.78 is 11.0. The summed E-state index contributed by atoms with van der Waals surface area (Å²) in [6.07, 6.45) is 4.95. The van der Waals surface area contributed by atoms with E-state index < -0.39 is 0 Å². The van der Waals surface area contributed by atoms with E-state index >= 15 is 0 Å². The zero-order chi connectivity index (χ0) is 16.3. The average Bonchev–Trinajstić information content (AvgIpc) is 2.84. The number of rotatable bonds is 0. The third-order valence-electron chi connectivity index (χ3n) is 5.34. The van der Waals surface area contributed by atoms with E-state index in [1.54, 1.807) is 12.5 Å². The van der Waals surface area contributed by atoms with Crippen LogP contribution in [0, 0.1) is 0 Å². The van der Waals surface area contributed by atoms with E-state index in [1.165, 1.54) is 7.11 Å². The van der Waals surface area contributed by atoms with Crippen molar-refractivity contribution in [1.29, 1.82) is 0 Å². The van der Waals surface area contributed by atoms with E-state index in [0.717, 1.165) is 36.1 Å². The van der Waals surface area contributed by atoms with E-state index in [1.807, 2.05) is 11.0 Å². The second-order valence-corrected chi connectivity index (χ2v) is 6.41. The van der Waals surface area contributed by atoms with E-state index in [2.05, 4.69) is 19.9 Å². The molecule has 0 radical (unpaired) electrons. The molecule has 3 aliphatic rings. The Labute approximate surface area is 138 Å². The number of aromatic nitrogens is 3. The summed E-state index contributed by atoms with van der Waals surface area (Å²) in [6.45, 7) is 1.19. The maximum absolute atomic E-state index is 12.2. The Hall–Kier alpha value is -2.64. The lowest BCUT2D eigenvalue weighted by Crippen LogP contribution is -2.63. The third-order valence-corrected chi connectivity index (χ3v) is 5.34. The number of nitrogens with zero attached hydrogens (tertiary/aromatic N) is 5. The minimum Gasteiger partial charge on any atom is -0.475 e. The standard InChI is InChI=1S/C16H17N5O3/c1-23-16(22)21-9-2-3-11(21)12-7-24-15-13-10(4-5-17-15)18-8-19-14(13)20(12)6-9/h4-5,8-9,11-12H,2-3,6-7H2,1H3. The lowest BCUT2D eigenvalue weighted by molar-refractivity contribution is 0.0768. The fourth-order valence-corrected chi connectivity index (χ4v) is 4.33. The monoisotopic (exact) mass is 327 g/mol. The Bertz CT molecular complexity index is 823. The van der Waals surface area contributed by atoms with Crippen LogP contribution in [-0.4, -0.2) is 64.3 Å². The number of carbonyl (C=O) groups is 1. The second kappa shape index (κ2) is 4.93. The maximum atomic E-state index is 12.2. The lowest BCUT2D eigenvalue weighted by atomic mass is 10.0. The molecule has 24 heavy (non-hydrogen) atoms. The molecule has 3 aliphatic heterocycles. The highest BCUT2D eigenvalue weighted by atomic mass is 16.5. The van der Waals surface area contributed by atoms with Gasteiger partial charge in [0.05, 0.1) is 30.8 Å². The molecule has 8 nitrogen and oxygen atoms in total. The van der Waals surface area contributed by atoms with Crippen LogP contribution in [0.15, 0.2) is 18.6 Å². The number of piperazine rings is 1. The topological polar surface area (TPSA) is 80.7 Å². The van der Waals surface area contributed by atoms with Gasteiger partial charge in [-0.1, -0.05) is 0 Å². The fourth-order valence-electron chi connectivity index (χ4n) is 4.33. The molecule has 8 heteroatoms. The molecular formula is C16H17N5O3. The summed E-state index contributed by atoms with van der Waals surface area (Å²) in [6, 6.07) is 2.11. The van der Waals surface area contributed by atoms with Crippen molar-refractivity contribution in [3.63, 3.8) is 0 Å². The molecular weight excluding hydrogens is 310 g/mol. The summed E-state index contributed by atoms with van der Waals surface area (Å²) in [4.78, 5) is 29.6. The number of carbonyl (C=O) groups excluding carboxylic acids is 1. The van der Waals surface area contributed by atoms with Crippen LogP contribution < -0.4 is 9.64 Å². The highest BCUT2D eigenvalue weighted by Crippen LogP contribution is 2.41. The number of hydrogen-bond donors (Lipinski definition) is 0. The first-order valence-electron chi connectivity index (χ1n) is 8.13. The Morgan fingerprint density at radius 1 is 1.29 bits per heavy atom. The highest BCUT2D eigenvalue weighted by molar-refractivity contribution is 5.94. The van der Waals surface area contributed by atoms with E-state index in [9.17, 15) is 4.79 Å². The number of methoxy groups -OCH3 is 1. The van der Waals surface area contributed by atoms with Crippen LogP contribution >= 0.6 is 0 Å². The summed E-state index contributed by atoms with van der Waals surface area (Å²) in [5.74, 6) is 1.42. The second-order valence-electron chi connectivity index (χ2n) is 6.41. The molecule has 0 N–H and O–H groups in total. The van der Waals surface area contributed by atoms with Crippen molar-refractivity contribution in [3.05, 3.63) is 18.6 Å². The van der Waals surface area contributed by atoms with Gasteiger partial charge >= 0.3 is 6.09 Å². The maximum Gasteiger partial charge on any atom is 0.410 e. The minimum absolute atomic E-state index is 0.0372. The van der Waals surface area contributed by atoms with E-state index in [4.69, 9.17) is 9.47 Å². The van der Waals surface area contributed by atoms with Crippen molar-refractivity contribution in [2.75, 3.05) is 25.2 Å². The Kier molecular flexibility index (Phi) is 2.83. The van der Waals surface area contributed by atoms with Gasteiger partial charge in [0.15, 0.2) is 0 Å². The van der Waals surface area contributed by atoms with Crippen LogP contribution in [0.1, 0.15) is 12.8 Å². The van der Waals surface area contributed by atoms with Crippen molar-refractivity contribution in [2.45, 2.75) is 31.0 Å². The van der Waals surface area contributed by atoms with Crippen molar-refractivity contribution in [1.82, 2.24) is 19.9 Å². The minimum atomic E-state index is -0.255. The molecule has 0 aromatic carbocycles. The third kappa shape index (κ3) is 1.73. The van der Waals surface area contributed by atoms with Crippen LogP contribution in [0.25, 0.3) is 10.9 Å². The molecule has 5 rings (SSSR count). The van der Waals surface area contributed by atoms with Gasteiger partial charge in [0.1, 0.15) is 24.1 Å². The van der Waals surface area contributed by atoms with Crippen molar-refractivity contribution in [2.24, 2.45) is 0 Å². The highest BCUT2D eigenvalue weighted by Gasteiger charge is 2.50. The van der Waals surface area contributed by atoms with E-state index in [0.29, 0.717) is 12.5 Å². The van der Waals surface area contributed by atoms with Gasteiger partial charge in [0, 0.05) is 12.7 Å². The number of ether oxygens (including phenoxy) is 2. The molecule has 2 aromatic rings. The van der Waals surface area contributed by atoms with Gasteiger partial charge in [-0.15, -0.1) is 0 Å². The van der Waals surface area contributed by atoms with Crippen molar-refractivity contribution >= 4 is 22.8 Å². The van der Waals surface area contributed by atoms with Crippen LogP contribution in [0.4, 0.5) is 10.6 Å². The van der Waals surface area contributed by atoms with Crippen LogP contribution in [0.2, 0.25) is 0 Å². The van der Waals surface area contributed by atoms with Gasteiger partial charge in [-0.25, -0.2) is 19.7 Å². The molecule has 3 unspecified atom stereocenters. The molecule has 1 amide bonds. The van der Waals surface area contributed by atoms with Crippen LogP contribution in [0.3, 0.4) is 0 Å². The van der Waals surface area contributed by atoms with Gasteiger partial charge in [-0.05, 0) is 18.9 Å². The summed E-state index contributed by atoms with van der Waals surface area (Å²) in [5.41, 5.74) is 0.827. The molecule has 0 saturated carbocycles. The summed E-state index contributed by atoms with van der Waals surface area (Å²) >= 11 is 0. The lowest BCUT2D eigenvalue weighted by Gasteiger charge is -2.45. The summed E-state index contributed by atoms with van der Waals surface area (Å²) in [5, 5.41) is 0.855. The Balaban J connectivity index is 1.63. The Morgan fingerprint density at radius 3 is 3.08 bits per heavy atom. The number of amides is 1. The largest absolute Gasteiger partial charge is 0.475 e. The SMILES string of the molecule is COC(=O)N1C2CCC1C1COc3nccc4ncnc(c34)N1C2. The van der Waals surface area contributed by atoms with Crippen LogP contribution in [0.5, 0.6) is 5.88 Å². The first-order chi connectivity index (χ1) is 11.8. The van der Waals surface area contributed by atoms with Crippen molar-refractivity contribution in [3.8, 4) is 5.88 Å². The van der Waals surface area contributed by atoms with E-state index in [-0.39, 0.29) is 24.2 Å². The molecule has 3 atom stereocenters. The summed E-state index contributed by atoms with van der Waals surface area (Å²) in [7, 11) is 1.44. The zero-order valence-corrected chi connectivity index (χ0v) is 13.3. The number of hydrogen-bond acceptors (Lipinski definition) is 7. The van der Waals surface area contributed by atoms with Gasteiger partial charge in [-0.3, -0.25) is 4.90 Å². The van der Waals surface area contributed by atoms with Gasteiger partial charge < -0.3 is 14.4 Å². The molecule has 2 aromatic heterocycles. The molecule has 2 bridgehead atoms. The number of fused-ring (bicyclic) bond motifs is 5. The average molecular weight is 327 g/mol. The number of pyridine rings is 1. The van der Waals surface area contributed by atoms with Crippen molar-refractivity contribution < 1.29 is 14.3 Å². The predicted molar refractivity (Wildman–Crippen MR) is 85.0 cm³/mol. The first kappa shape index (κ1) is 13.8. The smallest absolute Gasteiger partial charge is 0.410 e. The fraction of sp³-hybridized carbons (Fsp3) is 0.500. The zero-order valence-electron chi connectivity index (χ0n) is 13.3. The molecule has 0 spiro atoms. The van der Waals surface area contributed by atoms with Gasteiger partial charge in [-0.2, -0.15) is 0 Å². The number of anilines is 1. The molecule has 0 aliphatic carbocycles. The molecule has 5 heterocycles. The predicted octanol–water partition coefficient (Wildman–Crippen LogP) is 1.21. The quantitative estimate of drug-likeness (QED) is 0.719. The molecule has 2 saturated heterocycles. The molecule has 124 valence electrons. The first-order valence-corrected chi connectivity index (χ1v) is 8.13. The molecule has 2 fully saturated rings.